The molecule has 1 heterocycles. The number of anilines is 1. The maximum absolute atomic E-state index is 12.5. The van der Waals surface area contributed by atoms with Crippen molar-refractivity contribution in [3.63, 3.8) is 0 Å². The van der Waals surface area contributed by atoms with Crippen LogP contribution in [0, 0.1) is 6.92 Å². The molecule has 0 aliphatic carbocycles. The molecule has 0 atom stereocenters. The van der Waals surface area contributed by atoms with E-state index in [0.717, 1.165) is 26.0 Å². The van der Waals surface area contributed by atoms with Crippen molar-refractivity contribution in [1.29, 1.82) is 0 Å². The minimum atomic E-state index is -0.482. The maximum atomic E-state index is 12.5. The molecule has 1 N–H and O–H groups in total. The second kappa shape index (κ2) is 8.99. The zero-order chi connectivity index (χ0) is 20.1. The van der Waals surface area contributed by atoms with Crippen LogP contribution < -0.4 is 5.32 Å². The van der Waals surface area contributed by atoms with Crippen LogP contribution in [0.25, 0.3) is 17.2 Å². The summed E-state index contributed by atoms with van der Waals surface area (Å²) in [6.45, 7) is 1.92. The summed E-state index contributed by atoms with van der Waals surface area (Å²) >= 11 is 4.77. The highest BCUT2D eigenvalue weighted by Gasteiger charge is 2.24. The van der Waals surface area contributed by atoms with Crippen LogP contribution in [0.3, 0.4) is 0 Å². The third-order valence-electron chi connectivity index (χ3n) is 4.07. The molecule has 6 heteroatoms. The maximum Gasteiger partial charge on any atom is 0.341 e. The molecular weight excluding hydrogens is 438 g/mol. The molecule has 0 unspecified atom stereocenters. The smallest absolute Gasteiger partial charge is 0.341 e. The third kappa shape index (κ3) is 4.58. The number of amides is 1. The molecule has 0 fully saturated rings. The Bertz CT molecular complexity index is 1020. The number of carbonyl (C=O) groups excluding carboxylic acids is 2. The predicted molar refractivity (Wildman–Crippen MR) is 118 cm³/mol. The lowest BCUT2D eigenvalue weighted by molar-refractivity contribution is -0.111. The minimum Gasteiger partial charge on any atom is -0.465 e. The van der Waals surface area contributed by atoms with Crippen molar-refractivity contribution in [2.75, 3.05) is 12.4 Å². The zero-order valence-electron chi connectivity index (χ0n) is 15.4. The largest absolute Gasteiger partial charge is 0.465 e. The molecule has 4 nitrogen and oxygen atoms in total. The van der Waals surface area contributed by atoms with Crippen LogP contribution >= 0.6 is 27.3 Å². The first-order chi connectivity index (χ1) is 13.5. The summed E-state index contributed by atoms with van der Waals surface area (Å²) in [6.07, 6.45) is 3.17. The monoisotopic (exact) mass is 455 g/mol. The molecule has 28 heavy (non-hydrogen) atoms. The molecular formula is C22H18BrNO3S. The Morgan fingerprint density at radius 1 is 1.07 bits per heavy atom. The molecule has 0 aliphatic heterocycles. The van der Waals surface area contributed by atoms with Crippen molar-refractivity contribution in [2.45, 2.75) is 6.92 Å². The highest BCUT2D eigenvalue weighted by atomic mass is 79.9. The van der Waals surface area contributed by atoms with Gasteiger partial charge in [-0.25, -0.2) is 4.79 Å². The summed E-state index contributed by atoms with van der Waals surface area (Å²) in [5.41, 5.74) is 2.95. The van der Waals surface area contributed by atoms with Gasteiger partial charge in [0.25, 0.3) is 0 Å². The number of hydrogen-bond acceptors (Lipinski definition) is 4. The number of benzene rings is 2. The van der Waals surface area contributed by atoms with E-state index in [1.54, 1.807) is 6.08 Å². The highest BCUT2D eigenvalue weighted by Crippen LogP contribution is 2.40. The van der Waals surface area contributed by atoms with Crippen LogP contribution in [0.1, 0.15) is 20.8 Å². The Morgan fingerprint density at radius 2 is 1.75 bits per heavy atom. The summed E-state index contributed by atoms with van der Waals surface area (Å²) in [5, 5.41) is 3.30. The Hall–Kier alpha value is -2.70. The van der Waals surface area contributed by atoms with Gasteiger partial charge < -0.3 is 10.1 Å². The number of halogens is 1. The number of hydrogen-bond donors (Lipinski definition) is 1. The van der Waals surface area contributed by atoms with Crippen molar-refractivity contribution in [1.82, 2.24) is 0 Å². The van der Waals surface area contributed by atoms with Crippen molar-refractivity contribution >= 4 is 50.2 Å². The lowest BCUT2D eigenvalue weighted by Gasteiger charge is -2.07. The summed E-state index contributed by atoms with van der Waals surface area (Å²) in [6, 6.07) is 17.2. The Kier molecular flexibility index (Phi) is 6.44. The van der Waals surface area contributed by atoms with Crippen LogP contribution in [0.15, 0.2) is 65.1 Å². The second-order valence-corrected chi connectivity index (χ2v) is 8.11. The van der Waals surface area contributed by atoms with Gasteiger partial charge in [-0.05, 0) is 36.3 Å². The van der Waals surface area contributed by atoms with Gasteiger partial charge in [0.05, 0.1) is 7.11 Å². The van der Waals surface area contributed by atoms with Gasteiger partial charge in [-0.15, -0.1) is 11.3 Å². The van der Waals surface area contributed by atoms with E-state index in [4.69, 9.17) is 4.74 Å². The normalized spacial score (nSPS) is 10.8. The van der Waals surface area contributed by atoms with Gasteiger partial charge in [0.15, 0.2) is 0 Å². The lowest BCUT2D eigenvalue weighted by atomic mass is 10.0. The predicted octanol–water partition coefficient (Wildman–Crippen LogP) is 5.92. The Morgan fingerprint density at radius 3 is 2.39 bits per heavy atom. The number of esters is 1. The van der Waals surface area contributed by atoms with Crippen molar-refractivity contribution in [2.24, 2.45) is 0 Å². The van der Waals surface area contributed by atoms with Gasteiger partial charge in [-0.2, -0.15) is 0 Å². The van der Waals surface area contributed by atoms with Crippen LogP contribution in [-0.2, 0) is 9.53 Å². The SMILES string of the molecule is COC(=O)c1c(NC(=O)/C=C/c2ccccc2)sc(C)c1-c1ccc(Br)cc1. The first-order valence-corrected chi connectivity index (χ1v) is 10.1. The second-order valence-electron chi connectivity index (χ2n) is 5.97. The summed E-state index contributed by atoms with van der Waals surface area (Å²) < 4.78 is 5.92. The molecule has 0 bridgehead atoms. The molecule has 1 aromatic heterocycles. The first kappa shape index (κ1) is 20.0. The number of methoxy groups -OCH3 is 1. The number of ether oxygens (including phenoxy) is 1. The molecule has 0 radical (unpaired) electrons. The molecule has 1 amide bonds. The van der Waals surface area contributed by atoms with Gasteiger partial charge in [0, 0.05) is 21.0 Å². The van der Waals surface area contributed by atoms with E-state index in [1.807, 2.05) is 61.5 Å². The van der Waals surface area contributed by atoms with E-state index in [0.29, 0.717) is 10.6 Å². The van der Waals surface area contributed by atoms with Gasteiger partial charge in [-0.3, -0.25) is 4.79 Å². The molecule has 0 spiro atoms. The molecule has 0 saturated heterocycles. The van der Waals surface area contributed by atoms with Crippen LogP contribution in [0.2, 0.25) is 0 Å². The van der Waals surface area contributed by atoms with Crippen LogP contribution in [0.4, 0.5) is 5.00 Å². The average Bonchev–Trinajstić information content (AvgIpc) is 3.02. The summed E-state index contributed by atoms with van der Waals surface area (Å²) in [7, 11) is 1.33. The van der Waals surface area contributed by atoms with E-state index in [-0.39, 0.29) is 5.91 Å². The number of rotatable bonds is 5. The van der Waals surface area contributed by atoms with Gasteiger partial charge in [0.1, 0.15) is 10.6 Å². The molecule has 0 saturated carbocycles. The molecule has 3 aromatic rings. The number of nitrogens with one attached hydrogen (secondary N) is 1. The number of thiophene rings is 1. The van der Waals surface area contributed by atoms with E-state index in [2.05, 4.69) is 21.2 Å². The topological polar surface area (TPSA) is 55.4 Å². The van der Waals surface area contributed by atoms with Gasteiger partial charge >= 0.3 is 5.97 Å². The Labute approximate surface area is 176 Å². The fourth-order valence-corrected chi connectivity index (χ4v) is 4.11. The first-order valence-electron chi connectivity index (χ1n) is 8.51. The average molecular weight is 456 g/mol. The zero-order valence-corrected chi connectivity index (χ0v) is 17.8. The summed E-state index contributed by atoms with van der Waals surface area (Å²) in [4.78, 5) is 25.8. The summed E-state index contributed by atoms with van der Waals surface area (Å²) in [5.74, 6) is -0.790. The minimum absolute atomic E-state index is 0.308. The van der Waals surface area contributed by atoms with E-state index < -0.39 is 5.97 Å². The van der Waals surface area contributed by atoms with E-state index >= 15 is 0 Å². The molecule has 2 aromatic carbocycles. The standard InChI is InChI=1S/C22H18BrNO3S/c1-14-19(16-9-11-17(23)12-10-16)20(22(26)27-2)21(28-14)24-18(25)13-8-15-6-4-3-5-7-15/h3-13H,1-2H3,(H,24,25)/b13-8+. The number of carbonyl (C=O) groups is 2. The number of aryl methyl sites for hydroxylation is 1. The van der Waals surface area contributed by atoms with E-state index in [1.165, 1.54) is 24.5 Å². The van der Waals surface area contributed by atoms with Crippen LogP contribution in [0.5, 0.6) is 0 Å². The van der Waals surface area contributed by atoms with Crippen molar-refractivity contribution in [3.8, 4) is 11.1 Å². The quantitative estimate of drug-likeness (QED) is 0.383. The Balaban J connectivity index is 1.93. The molecule has 142 valence electrons. The lowest BCUT2D eigenvalue weighted by Crippen LogP contribution is -2.11. The van der Waals surface area contributed by atoms with Gasteiger partial charge in [-0.1, -0.05) is 58.4 Å². The van der Waals surface area contributed by atoms with Crippen LogP contribution in [-0.4, -0.2) is 19.0 Å². The fourth-order valence-electron chi connectivity index (χ4n) is 2.78. The van der Waals surface area contributed by atoms with Crippen molar-refractivity contribution in [3.05, 3.63) is 81.2 Å². The fraction of sp³-hybridized carbons (Fsp3) is 0.0909. The van der Waals surface area contributed by atoms with Gasteiger partial charge in [0.2, 0.25) is 5.91 Å². The van der Waals surface area contributed by atoms with E-state index in [9.17, 15) is 9.59 Å². The highest BCUT2D eigenvalue weighted by molar-refractivity contribution is 9.10. The molecule has 3 rings (SSSR count). The van der Waals surface area contributed by atoms with Crippen molar-refractivity contribution < 1.29 is 14.3 Å². The third-order valence-corrected chi connectivity index (χ3v) is 5.62. The molecule has 0 aliphatic rings.